The number of hydrogen-bond acceptors (Lipinski definition) is 2. The van der Waals surface area contributed by atoms with Gasteiger partial charge in [-0.05, 0) is 56.2 Å². The topological polar surface area (TPSA) is 55.1 Å². The van der Waals surface area contributed by atoms with Crippen molar-refractivity contribution in [3.63, 3.8) is 0 Å². The molecule has 2 aliphatic rings. The Kier molecular flexibility index (Phi) is 3.56. The summed E-state index contributed by atoms with van der Waals surface area (Å²) in [5, 5.41) is 3.02. The highest BCUT2D eigenvalue weighted by atomic mass is 16.2. The summed E-state index contributed by atoms with van der Waals surface area (Å²) in [5.41, 5.74) is 10.5. The molecule has 3 N–H and O–H groups in total. The number of carbonyl (C=O) groups is 1. The van der Waals surface area contributed by atoms with Crippen LogP contribution in [0.4, 0.5) is 5.69 Å². The fourth-order valence-corrected chi connectivity index (χ4v) is 3.82. The zero-order valence-corrected chi connectivity index (χ0v) is 13.3. The van der Waals surface area contributed by atoms with Crippen LogP contribution in [0.1, 0.15) is 68.7 Å². The molecule has 1 aromatic rings. The van der Waals surface area contributed by atoms with Gasteiger partial charge in [-0.25, -0.2) is 0 Å². The van der Waals surface area contributed by atoms with E-state index in [1.807, 2.05) is 13.8 Å². The summed E-state index contributed by atoms with van der Waals surface area (Å²) < 4.78 is 0. The van der Waals surface area contributed by atoms with Crippen LogP contribution in [0.3, 0.4) is 0 Å². The maximum atomic E-state index is 12.1. The van der Waals surface area contributed by atoms with Crippen molar-refractivity contribution in [1.29, 1.82) is 0 Å². The molecule has 1 amide bonds. The molecule has 0 spiro atoms. The standard InChI is InChI=1S/C18H26N2O/c1-11-9-13(15(19)12-7-5-4-6-8-12)10-14-16(11)20-17(21)18(14,2)3/h9-10,12,15H,4-8,19H2,1-3H3,(H,20,21). The Morgan fingerprint density at radius 2 is 1.90 bits per heavy atom. The molecular formula is C18H26N2O. The van der Waals surface area contributed by atoms with E-state index in [-0.39, 0.29) is 11.9 Å². The molecule has 0 saturated heterocycles. The van der Waals surface area contributed by atoms with Crippen LogP contribution >= 0.6 is 0 Å². The zero-order chi connectivity index (χ0) is 15.2. The molecule has 0 radical (unpaired) electrons. The number of aryl methyl sites for hydroxylation is 1. The first-order chi connectivity index (χ1) is 9.91. The van der Waals surface area contributed by atoms with E-state index in [2.05, 4.69) is 24.4 Å². The minimum Gasteiger partial charge on any atom is -0.325 e. The number of nitrogens with one attached hydrogen (secondary N) is 1. The lowest BCUT2D eigenvalue weighted by Crippen LogP contribution is -2.27. The fraction of sp³-hybridized carbons (Fsp3) is 0.611. The number of carbonyl (C=O) groups excluding carboxylic acids is 1. The number of rotatable bonds is 2. The van der Waals surface area contributed by atoms with Gasteiger partial charge in [-0.3, -0.25) is 4.79 Å². The van der Waals surface area contributed by atoms with E-state index in [1.54, 1.807) is 0 Å². The van der Waals surface area contributed by atoms with Crippen molar-refractivity contribution in [3.8, 4) is 0 Å². The van der Waals surface area contributed by atoms with Gasteiger partial charge in [0.15, 0.2) is 0 Å². The van der Waals surface area contributed by atoms with Crippen LogP contribution in [0.5, 0.6) is 0 Å². The molecule has 0 bridgehead atoms. The van der Waals surface area contributed by atoms with E-state index in [1.165, 1.54) is 37.7 Å². The smallest absolute Gasteiger partial charge is 0.234 e. The molecule has 1 fully saturated rings. The molecule has 114 valence electrons. The van der Waals surface area contributed by atoms with Gasteiger partial charge in [-0.1, -0.05) is 31.4 Å². The van der Waals surface area contributed by atoms with Crippen molar-refractivity contribution < 1.29 is 4.79 Å². The van der Waals surface area contributed by atoms with E-state index in [0.29, 0.717) is 5.92 Å². The second-order valence-corrected chi connectivity index (χ2v) is 7.26. The maximum absolute atomic E-state index is 12.1. The van der Waals surface area contributed by atoms with Crippen molar-refractivity contribution in [3.05, 3.63) is 28.8 Å². The van der Waals surface area contributed by atoms with Crippen LogP contribution in [0, 0.1) is 12.8 Å². The molecule has 21 heavy (non-hydrogen) atoms. The van der Waals surface area contributed by atoms with Crippen LogP contribution in [-0.4, -0.2) is 5.91 Å². The SMILES string of the molecule is Cc1cc(C(N)C2CCCCC2)cc2c1NC(=O)C2(C)C. The van der Waals surface area contributed by atoms with Crippen molar-refractivity contribution in [2.45, 2.75) is 64.3 Å². The normalized spacial score (nSPS) is 22.8. The van der Waals surface area contributed by atoms with Crippen molar-refractivity contribution in [2.75, 3.05) is 5.32 Å². The quantitative estimate of drug-likeness (QED) is 0.868. The van der Waals surface area contributed by atoms with Crippen LogP contribution in [0.15, 0.2) is 12.1 Å². The van der Waals surface area contributed by atoms with Crippen LogP contribution in [-0.2, 0) is 10.2 Å². The monoisotopic (exact) mass is 286 g/mol. The molecule has 1 unspecified atom stereocenters. The molecule has 1 atom stereocenters. The molecular weight excluding hydrogens is 260 g/mol. The minimum atomic E-state index is -0.456. The predicted molar refractivity (Wildman–Crippen MR) is 86.3 cm³/mol. The second kappa shape index (κ2) is 5.13. The molecule has 1 aromatic carbocycles. The highest BCUT2D eigenvalue weighted by molar-refractivity contribution is 6.06. The Bertz CT molecular complexity index is 571. The summed E-state index contributed by atoms with van der Waals surface area (Å²) in [6.07, 6.45) is 6.41. The van der Waals surface area contributed by atoms with E-state index in [0.717, 1.165) is 16.8 Å². The Labute approximate surface area is 127 Å². The Morgan fingerprint density at radius 3 is 2.57 bits per heavy atom. The van der Waals surface area contributed by atoms with Gasteiger partial charge < -0.3 is 11.1 Å². The average Bonchev–Trinajstić information content (AvgIpc) is 2.71. The first kappa shape index (κ1) is 14.6. The fourth-order valence-electron chi connectivity index (χ4n) is 3.82. The van der Waals surface area contributed by atoms with Gasteiger partial charge in [0.25, 0.3) is 0 Å². The molecule has 3 nitrogen and oxygen atoms in total. The summed E-state index contributed by atoms with van der Waals surface area (Å²) in [6.45, 7) is 6.05. The summed E-state index contributed by atoms with van der Waals surface area (Å²) >= 11 is 0. The van der Waals surface area contributed by atoms with Crippen LogP contribution in [0.2, 0.25) is 0 Å². The molecule has 3 rings (SSSR count). The van der Waals surface area contributed by atoms with Gasteiger partial charge in [-0.15, -0.1) is 0 Å². The average molecular weight is 286 g/mol. The van der Waals surface area contributed by atoms with Crippen LogP contribution < -0.4 is 11.1 Å². The van der Waals surface area contributed by atoms with E-state index < -0.39 is 5.41 Å². The van der Waals surface area contributed by atoms with E-state index >= 15 is 0 Å². The predicted octanol–water partition coefficient (Wildman–Crippen LogP) is 3.80. The van der Waals surface area contributed by atoms with Gasteiger partial charge in [0.2, 0.25) is 5.91 Å². The molecule has 1 heterocycles. The number of amides is 1. The second-order valence-electron chi connectivity index (χ2n) is 7.26. The van der Waals surface area contributed by atoms with E-state index in [9.17, 15) is 4.79 Å². The molecule has 3 heteroatoms. The molecule has 1 aliphatic heterocycles. The van der Waals surface area contributed by atoms with E-state index in [4.69, 9.17) is 5.73 Å². The molecule has 1 saturated carbocycles. The Morgan fingerprint density at radius 1 is 1.24 bits per heavy atom. The summed E-state index contributed by atoms with van der Waals surface area (Å²) in [4.78, 5) is 12.1. The molecule has 0 aromatic heterocycles. The first-order valence-electron chi connectivity index (χ1n) is 8.13. The van der Waals surface area contributed by atoms with Gasteiger partial charge in [0, 0.05) is 11.7 Å². The van der Waals surface area contributed by atoms with Gasteiger partial charge in [0.05, 0.1) is 5.41 Å². The lowest BCUT2D eigenvalue weighted by atomic mass is 9.79. The maximum Gasteiger partial charge on any atom is 0.234 e. The summed E-state index contributed by atoms with van der Waals surface area (Å²) in [7, 11) is 0. The van der Waals surface area contributed by atoms with Crippen molar-refractivity contribution >= 4 is 11.6 Å². The van der Waals surface area contributed by atoms with Crippen LogP contribution in [0.25, 0.3) is 0 Å². The van der Waals surface area contributed by atoms with Gasteiger partial charge in [-0.2, -0.15) is 0 Å². The largest absolute Gasteiger partial charge is 0.325 e. The first-order valence-corrected chi connectivity index (χ1v) is 8.13. The Hall–Kier alpha value is -1.35. The number of anilines is 1. The van der Waals surface area contributed by atoms with Crippen molar-refractivity contribution in [1.82, 2.24) is 0 Å². The van der Waals surface area contributed by atoms with Gasteiger partial charge >= 0.3 is 0 Å². The zero-order valence-electron chi connectivity index (χ0n) is 13.3. The minimum absolute atomic E-state index is 0.0870. The number of fused-ring (bicyclic) bond motifs is 1. The lowest BCUT2D eigenvalue weighted by molar-refractivity contribution is -0.119. The number of benzene rings is 1. The third-order valence-electron chi connectivity index (χ3n) is 5.38. The number of nitrogens with two attached hydrogens (primary N) is 1. The highest BCUT2D eigenvalue weighted by Crippen LogP contribution is 2.42. The Balaban J connectivity index is 1.97. The third-order valence-corrected chi connectivity index (χ3v) is 5.38. The summed E-state index contributed by atoms with van der Waals surface area (Å²) in [6, 6.07) is 4.43. The highest BCUT2D eigenvalue weighted by Gasteiger charge is 2.39. The van der Waals surface area contributed by atoms with Crippen molar-refractivity contribution in [2.24, 2.45) is 11.7 Å². The van der Waals surface area contributed by atoms with Gasteiger partial charge in [0.1, 0.15) is 0 Å². The lowest BCUT2D eigenvalue weighted by Gasteiger charge is -2.29. The third kappa shape index (κ3) is 2.38. The summed E-state index contributed by atoms with van der Waals surface area (Å²) in [5.74, 6) is 0.674. The molecule has 1 aliphatic carbocycles. The number of hydrogen-bond donors (Lipinski definition) is 2.